The van der Waals surface area contributed by atoms with Crippen molar-refractivity contribution in [3.8, 4) is 0 Å². The van der Waals surface area contributed by atoms with Crippen LogP contribution in [0.1, 0.15) is 51.0 Å². The van der Waals surface area contributed by atoms with E-state index in [0.29, 0.717) is 5.57 Å². The minimum absolute atomic E-state index is 0.0297. The van der Waals surface area contributed by atoms with Crippen molar-refractivity contribution in [1.29, 1.82) is 0 Å². The number of aromatic nitrogens is 3. The lowest BCUT2D eigenvalue weighted by atomic mass is 9.85. The van der Waals surface area contributed by atoms with Gasteiger partial charge in [-0.15, -0.1) is 5.10 Å². The summed E-state index contributed by atoms with van der Waals surface area (Å²) in [4.78, 5) is 63.3. The predicted molar refractivity (Wildman–Crippen MR) is 175 cm³/mol. The van der Waals surface area contributed by atoms with Gasteiger partial charge in [-0.1, -0.05) is 43.4 Å². The second kappa shape index (κ2) is 17.5. The van der Waals surface area contributed by atoms with Gasteiger partial charge in [0, 0.05) is 43.9 Å². The number of methoxy groups -OCH3 is 2. The first-order chi connectivity index (χ1) is 23.2. The van der Waals surface area contributed by atoms with Gasteiger partial charge in [-0.2, -0.15) is 0 Å². The van der Waals surface area contributed by atoms with Crippen LogP contribution in [-0.4, -0.2) is 99.9 Å². The molecule has 0 saturated heterocycles. The molecule has 0 aromatic carbocycles. The number of aromatic carboxylic acids is 1. The van der Waals surface area contributed by atoms with Crippen LogP contribution in [0.15, 0.2) is 64.7 Å². The number of carbonyl (C=O) groups excluding carboxylic acids is 4. The first-order valence-electron chi connectivity index (χ1n) is 15.6. The Morgan fingerprint density at radius 2 is 1.88 bits per heavy atom. The fraction of sp³-hybridized carbons (Fsp3) is 0.485. The highest BCUT2D eigenvalue weighted by Crippen LogP contribution is 2.29. The van der Waals surface area contributed by atoms with E-state index in [1.807, 2.05) is 6.92 Å². The maximum atomic E-state index is 13.8. The molecule has 16 heteroatoms. The fourth-order valence-electron chi connectivity index (χ4n) is 5.58. The minimum Gasteiger partial charge on any atom is -0.476 e. The van der Waals surface area contributed by atoms with E-state index in [0.717, 1.165) is 6.08 Å². The van der Waals surface area contributed by atoms with Crippen molar-refractivity contribution in [3.05, 3.63) is 70.4 Å². The van der Waals surface area contributed by atoms with Crippen LogP contribution in [0.2, 0.25) is 0 Å². The zero-order valence-electron chi connectivity index (χ0n) is 28.3. The molecule has 0 saturated carbocycles. The summed E-state index contributed by atoms with van der Waals surface area (Å²) in [5.74, 6) is -3.78. The Bertz CT molecular complexity index is 1590. The molecule has 0 spiro atoms. The molecule has 1 aromatic heterocycles. The molecular weight excluding hydrogens is 640 g/mol. The number of carboxylic acid groups (broad SMARTS) is 1. The number of rotatable bonds is 8. The molecular formula is C33H44N6O10. The zero-order chi connectivity index (χ0) is 36.4. The number of fused-ring (bicyclic) bond motifs is 2. The maximum absolute atomic E-state index is 13.8. The molecule has 2 amide bonds. The van der Waals surface area contributed by atoms with Gasteiger partial charge in [-0.25, -0.2) is 14.3 Å². The molecule has 266 valence electrons. The van der Waals surface area contributed by atoms with Crippen molar-refractivity contribution in [2.24, 2.45) is 17.6 Å². The van der Waals surface area contributed by atoms with E-state index in [1.165, 1.54) is 44.2 Å². The smallest absolute Gasteiger partial charge is 0.405 e. The number of nitrogens with two attached hydrogens (primary N) is 1. The molecule has 0 fully saturated rings. The Morgan fingerprint density at radius 3 is 2.49 bits per heavy atom. The van der Waals surface area contributed by atoms with Gasteiger partial charge in [-0.3, -0.25) is 14.4 Å². The third kappa shape index (κ3) is 10.3. The second-order valence-corrected chi connectivity index (χ2v) is 12.0. The molecule has 0 unspecified atom stereocenters. The number of nitrogens with zero attached hydrogens (tertiary/aromatic N) is 3. The summed E-state index contributed by atoms with van der Waals surface area (Å²) in [5.41, 5.74) is 5.81. The number of aliphatic hydroxyl groups excluding tert-OH is 1. The van der Waals surface area contributed by atoms with Crippen LogP contribution in [0.3, 0.4) is 0 Å². The largest absolute Gasteiger partial charge is 0.476 e. The molecule has 1 aliphatic heterocycles. The number of amides is 2. The fourth-order valence-corrected chi connectivity index (χ4v) is 5.58. The summed E-state index contributed by atoms with van der Waals surface area (Å²) in [7, 11) is 2.87. The SMILES string of the molecule is CO[C@H]1/C=C\C=C(/C)C(=O)NC2=CC(=O)C(NCCn3cc(C(=O)O)nn3)=C(C[C@@H](C)C[C@H](OC)[C@H](O)[C@@H](C)/C=C(\C)[C@@H]1OC(N)=O)C2=O. The van der Waals surface area contributed by atoms with E-state index in [2.05, 4.69) is 20.9 Å². The number of nitrogens with one attached hydrogen (secondary N) is 2. The van der Waals surface area contributed by atoms with E-state index in [4.69, 9.17) is 25.1 Å². The number of carbonyl (C=O) groups is 5. The molecule has 2 heterocycles. The van der Waals surface area contributed by atoms with Crippen molar-refractivity contribution < 1.29 is 48.4 Å². The summed E-state index contributed by atoms with van der Waals surface area (Å²) in [6.07, 6.45) is 4.41. The van der Waals surface area contributed by atoms with Crippen LogP contribution in [0.4, 0.5) is 4.79 Å². The average molecular weight is 685 g/mol. The molecule has 2 bridgehead atoms. The molecule has 0 radical (unpaired) electrons. The number of ketones is 2. The van der Waals surface area contributed by atoms with Gasteiger partial charge in [0.2, 0.25) is 11.6 Å². The third-order valence-electron chi connectivity index (χ3n) is 8.19. The van der Waals surface area contributed by atoms with Crippen molar-refractivity contribution in [3.63, 3.8) is 0 Å². The molecule has 3 rings (SSSR count). The highest BCUT2D eigenvalue weighted by Gasteiger charge is 2.33. The normalized spacial score (nSPS) is 28.8. The number of allylic oxidation sites excluding steroid dienone is 4. The number of hydrogen-bond donors (Lipinski definition) is 5. The van der Waals surface area contributed by atoms with Crippen LogP contribution in [0, 0.1) is 11.8 Å². The van der Waals surface area contributed by atoms with Gasteiger partial charge in [0.15, 0.2) is 11.8 Å². The first kappa shape index (κ1) is 38.5. The second-order valence-electron chi connectivity index (χ2n) is 12.0. The summed E-state index contributed by atoms with van der Waals surface area (Å²) >= 11 is 0. The van der Waals surface area contributed by atoms with Crippen LogP contribution >= 0.6 is 0 Å². The van der Waals surface area contributed by atoms with Crippen molar-refractivity contribution >= 4 is 29.5 Å². The molecule has 6 atom stereocenters. The Balaban J connectivity index is 2.01. The zero-order valence-corrected chi connectivity index (χ0v) is 28.3. The van der Waals surface area contributed by atoms with Crippen LogP contribution in [-0.2, 0) is 35.1 Å². The van der Waals surface area contributed by atoms with E-state index in [1.54, 1.807) is 26.0 Å². The molecule has 1 aliphatic carbocycles. The van der Waals surface area contributed by atoms with Gasteiger partial charge in [-0.05, 0) is 38.2 Å². The number of ether oxygens (including phenoxy) is 3. The highest BCUT2D eigenvalue weighted by atomic mass is 16.6. The van der Waals surface area contributed by atoms with Gasteiger partial charge in [0.25, 0.3) is 5.91 Å². The van der Waals surface area contributed by atoms with Crippen LogP contribution < -0.4 is 16.4 Å². The summed E-state index contributed by atoms with van der Waals surface area (Å²) < 4.78 is 17.9. The number of primary amides is 1. The van der Waals surface area contributed by atoms with Crippen molar-refractivity contribution in [2.45, 2.75) is 71.5 Å². The predicted octanol–water partition coefficient (Wildman–Crippen LogP) is 1.34. The Labute approximate surface area is 283 Å². The number of Topliss-reactive ketones (excluding diaryl/α,β-unsaturated/α-hetero) is 1. The van der Waals surface area contributed by atoms with E-state index >= 15 is 0 Å². The summed E-state index contributed by atoms with van der Waals surface area (Å²) in [6, 6.07) is 0. The monoisotopic (exact) mass is 684 g/mol. The van der Waals surface area contributed by atoms with Crippen LogP contribution in [0.25, 0.3) is 0 Å². The van der Waals surface area contributed by atoms with Crippen molar-refractivity contribution in [1.82, 2.24) is 25.6 Å². The molecule has 2 aliphatic rings. The van der Waals surface area contributed by atoms with E-state index < -0.39 is 59.9 Å². The lowest BCUT2D eigenvalue weighted by Crippen LogP contribution is -2.38. The molecule has 49 heavy (non-hydrogen) atoms. The lowest BCUT2D eigenvalue weighted by molar-refractivity contribution is -0.120. The molecule has 6 N–H and O–H groups in total. The molecule has 1 aromatic rings. The van der Waals surface area contributed by atoms with Gasteiger partial charge in [0.1, 0.15) is 6.10 Å². The first-order valence-corrected chi connectivity index (χ1v) is 15.6. The maximum Gasteiger partial charge on any atom is 0.405 e. The highest BCUT2D eigenvalue weighted by molar-refractivity contribution is 6.23. The minimum atomic E-state index is -1.24. The van der Waals surface area contributed by atoms with Gasteiger partial charge in [0.05, 0.1) is 36.3 Å². The third-order valence-corrected chi connectivity index (χ3v) is 8.19. The average Bonchev–Trinajstić information content (AvgIpc) is 3.53. The lowest BCUT2D eigenvalue weighted by Gasteiger charge is -2.30. The van der Waals surface area contributed by atoms with Crippen LogP contribution in [0.5, 0.6) is 0 Å². The Morgan fingerprint density at radius 1 is 1.16 bits per heavy atom. The van der Waals surface area contributed by atoms with E-state index in [-0.39, 0.29) is 60.1 Å². The van der Waals surface area contributed by atoms with E-state index in [9.17, 15) is 29.1 Å². The molecule has 16 nitrogen and oxygen atoms in total. The Kier molecular flexibility index (Phi) is 13.7. The summed E-state index contributed by atoms with van der Waals surface area (Å²) in [5, 5.41) is 33.3. The Hall–Kier alpha value is -4.93. The number of aliphatic hydroxyl groups is 1. The van der Waals surface area contributed by atoms with Gasteiger partial charge >= 0.3 is 12.1 Å². The number of hydrogen-bond acceptors (Lipinski definition) is 12. The topological polar surface area (TPSA) is 234 Å². The quantitative estimate of drug-likeness (QED) is 0.192. The number of carboxylic acids is 1. The summed E-state index contributed by atoms with van der Waals surface area (Å²) in [6.45, 7) is 7.08. The van der Waals surface area contributed by atoms with Crippen molar-refractivity contribution in [2.75, 3.05) is 20.8 Å². The standard InChI is InChI=1S/C33H44N6O10/c1-17-12-21-27(35-10-11-39-16-23(32(44)45)37-38-39)24(40)15-22(29(21)42)36-31(43)18(2)8-7-9-25(47-5)30(49-33(34)46)20(4)14-19(3)28(41)26(13-17)48-6/h7-9,14-17,19,25-26,28,30,35,41H,10-13H2,1-6H3,(H2,34,46)(H,36,43)(H,44,45)/b9-7-,18-8+,20-14+/t17-,19+,25+,26+,28-,30+/m1/s1. The van der Waals surface area contributed by atoms with Gasteiger partial charge < -0.3 is 40.8 Å².